The molecule has 0 bridgehead atoms. The molecule has 3 heteroatoms. The van der Waals surface area contributed by atoms with Gasteiger partial charge >= 0.3 is 0 Å². The van der Waals surface area contributed by atoms with E-state index in [1.165, 1.54) is 44.2 Å². The average Bonchev–Trinajstić information content (AvgIpc) is 2.75. The first-order valence-electron chi connectivity index (χ1n) is 7.88. The van der Waals surface area contributed by atoms with Crippen molar-refractivity contribution in [3.8, 4) is 0 Å². The minimum atomic E-state index is -0.0619. The van der Waals surface area contributed by atoms with Gasteiger partial charge in [-0.3, -0.25) is 4.79 Å². The Kier molecular flexibility index (Phi) is 3.95. The molecule has 3 nitrogen and oxygen atoms in total. The third kappa shape index (κ3) is 2.67. The fourth-order valence-electron chi connectivity index (χ4n) is 3.52. The average molecular weight is 272 g/mol. The number of carbonyl (C=O) groups is 1. The summed E-state index contributed by atoms with van der Waals surface area (Å²) in [5.41, 5.74) is 2.39. The highest BCUT2D eigenvalue weighted by molar-refractivity contribution is 5.89. The van der Waals surface area contributed by atoms with Gasteiger partial charge in [0.25, 0.3) is 0 Å². The lowest BCUT2D eigenvalue weighted by Crippen LogP contribution is -2.49. The number of hydrogen-bond donors (Lipinski definition) is 1. The fourth-order valence-corrected chi connectivity index (χ4v) is 3.52. The molecule has 0 amide bonds. The lowest BCUT2D eigenvalue weighted by Gasteiger charge is -2.41. The predicted octanol–water partition coefficient (Wildman–Crippen LogP) is 3.60. The summed E-state index contributed by atoms with van der Waals surface area (Å²) in [7, 11) is 0. The largest absolute Gasteiger partial charge is 0.372 e. The quantitative estimate of drug-likeness (QED) is 0.835. The van der Waals surface area contributed by atoms with E-state index in [0.717, 1.165) is 12.2 Å². The molecule has 1 saturated carbocycles. The number of carbonyl (C=O) groups excluding carboxylic acids is 1. The van der Waals surface area contributed by atoms with Crippen molar-refractivity contribution < 1.29 is 4.79 Å². The van der Waals surface area contributed by atoms with Crippen LogP contribution in [0.15, 0.2) is 24.3 Å². The van der Waals surface area contributed by atoms with Gasteiger partial charge in [-0.15, -0.1) is 0 Å². The molecule has 108 valence electrons. The van der Waals surface area contributed by atoms with Crippen LogP contribution < -0.4 is 10.2 Å². The van der Waals surface area contributed by atoms with Gasteiger partial charge in [-0.05, 0) is 31.9 Å². The van der Waals surface area contributed by atoms with Crippen molar-refractivity contribution in [2.45, 2.75) is 57.5 Å². The summed E-state index contributed by atoms with van der Waals surface area (Å²) in [5.74, 6) is 0.234. The molecule has 1 fully saturated rings. The Hall–Kier alpha value is -1.51. The van der Waals surface area contributed by atoms with Crippen molar-refractivity contribution >= 4 is 17.2 Å². The van der Waals surface area contributed by atoms with Crippen molar-refractivity contribution in [3.05, 3.63) is 24.3 Å². The fraction of sp³-hybridized carbons (Fsp3) is 0.588. The number of nitrogens with one attached hydrogen (secondary N) is 1. The first kappa shape index (κ1) is 13.5. The zero-order valence-electron chi connectivity index (χ0n) is 12.3. The Morgan fingerprint density at radius 3 is 2.55 bits per heavy atom. The Morgan fingerprint density at radius 2 is 1.85 bits per heavy atom. The molecule has 0 spiro atoms. The van der Waals surface area contributed by atoms with Crippen LogP contribution in [0.3, 0.4) is 0 Å². The molecule has 3 rings (SSSR count). The van der Waals surface area contributed by atoms with Crippen LogP contribution in [0.25, 0.3) is 0 Å². The first-order chi connectivity index (χ1) is 9.75. The maximum atomic E-state index is 11.8. The van der Waals surface area contributed by atoms with E-state index in [0.29, 0.717) is 6.04 Å². The summed E-state index contributed by atoms with van der Waals surface area (Å²) >= 11 is 0. The number of benzene rings is 1. The van der Waals surface area contributed by atoms with Crippen molar-refractivity contribution in [2.24, 2.45) is 0 Å². The second kappa shape index (κ2) is 5.86. The van der Waals surface area contributed by atoms with Crippen LogP contribution in [0.1, 0.15) is 45.4 Å². The third-order valence-corrected chi connectivity index (χ3v) is 4.68. The van der Waals surface area contributed by atoms with E-state index in [2.05, 4.69) is 28.4 Å². The maximum absolute atomic E-state index is 11.8. The van der Waals surface area contributed by atoms with E-state index in [1.807, 2.05) is 6.07 Å². The standard InChI is InChI=1S/C17H24N2O/c1-13(20)16-12-19(14-8-4-2-3-5-9-14)17-11-7-6-10-15(17)18-16/h6-7,10-11,14,16,18H,2-5,8-9,12H2,1H3. The van der Waals surface area contributed by atoms with E-state index in [4.69, 9.17) is 0 Å². The number of Topliss-reactive ketones (excluding diaryl/α,β-unsaturated/α-hetero) is 1. The van der Waals surface area contributed by atoms with Gasteiger partial charge in [0.15, 0.2) is 5.78 Å². The van der Waals surface area contributed by atoms with Gasteiger partial charge in [-0.2, -0.15) is 0 Å². The molecule has 2 aliphatic rings. The Balaban J connectivity index is 1.89. The highest BCUT2D eigenvalue weighted by atomic mass is 16.1. The minimum Gasteiger partial charge on any atom is -0.372 e. The number of fused-ring (bicyclic) bond motifs is 1. The van der Waals surface area contributed by atoms with Crippen LogP contribution in [0.4, 0.5) is 11.4 Å². The zero-order chi connectivity index (χ0) is 13.9. The summed E-state index contributed by atoms with van der Waals surface area (Å²) in [6.07, 6.45) is 7.89. The van der Waals surface area contributed by atoms with Gasteiger partial charge in [0.2, 0.25) is 0 Å². The number of anilines is 2. The van der Waals surface area contributed by atoms with Gasteiger partial charge in [-0.25, -0.2) is 0 Å². The molecule has 1 N–H and O–H groups in total. The zero-order valence-corrected chi connectivity index (χ0v) is 12.3. The molecule has 0 aromatic heterocycles. The normalized spacial score (nSPS) is 23.6. The van der Waals surface area contributed by atoms with Gasteiger partial charge < -0.3 is 10.2 Å². The Morgan fingerprint density at radius 1 is 1.15 bits per heavy atom. The molecule has 1 heterocycles. The van der Waals surface area contributed by atoms with E-state index >= 15 is 0 Å². The number of nitrogens with zero attached hydrogens (tertiary/aromatic N) is 1. The van der Waals surface area contributed by atoms with E-state index in [1.54, 1.807) is 6.92 Å². The minimum absolute atomic E-state index is 0.0619. The van der Waals surface area contributed by atoms with Crippen molar-refractivity contribution in [1.82, 2.24) is 0 Å². The smallest absolute Gasteiger partial charge is 0.153 e. The van der Waals surface area contributed by atoms with Gasteiger partial charge in [0, 0.05) is 12.6 Å². The molecule has 1 aliphatic carbocycles. The molecular formula is C17H24N2O. The van der Waals surface area contributed by atoms with Crippen LogP contribution in [0.5, 0.6) is 0 Å². The number of rotatable bonds is 2. The molecule has 1 unspecified atom stereocenters. The summed E-state index contributed by atoms with van der Waals surface area (Å²) in [6, 6.07) is 8.95. The predicted molar refractivity (Wildman–Crippen MR) is 83.4 cm³/mol. The molecule has 20 heavy (non-hydrogen) atoms. The van der Waals surface area contributed by atoms with Crippen molar-refractivity contribution in [1.29, 1.82) is 0 Å². The van der Waals surface area contributed by atoms with Gasteiger partial charge in [0.05, 0.1) is 11.4 Å². The SMILES string of the molecule is CC(=O)C1CN(C2CCCCCC2)c2ccccc2N1. The summed E-state index contributed by atoms with van der Waals surface area (Å²) < 4.78 is 0. The Bertz CT molecular complexity index is 478. The first-order valence-corrected chi connectivity index (χ1v) is 7.88. The lowest BCUT2D eigenvalue weighted by molar-refractivity contribution is -0.117. The third-order valence-electron chi connectivity index (χ3n) is 4.68. The number of para-hydroxylation sites is 2. The monoisotopic (exact) mass is 272 g/mol. The Labute approximate surface area is 121 Å². The molecule has 1 aliphatic heterocycles. The highest BCUT2D eigenvalue weighted by Crippen LogP contribution is 2.35. The highest BCUT2D eigenvalue weighted by Gasteiger charge is 2.30. The summed E-state index contributed by atoms with van der Waals surface area (Å²) in [6.45, 7) is 2.51. The van der Waals surface area contributed by atoms with Gasteiger partial charge in [-0.1, -0.05) is 37.8 Å². The van der Waals surface area contributed by atoms with E-state index < -0.39 is 0 Å². The molecule has 1 atom stereocenters. The summed E-state index contributed by atoms with van der Waals surface area (Å²) in [5, 5.41) is 3.39. The number of ketones is 1. The second-order valence-electron chi connectivity index (χ2n) is 6.12. The summed E-state index contributed by atoms with van der Waals surface area (Å²) in [4.78, 5) is 14.3. The van der Waals surface area contributed by atoms with E-state index in [-0.39, 0.29) is 11.8 Å². The van der Waals surface area contributed by atoms with Crippen LogP contribution >= 0.6 is 0 Å². The molecular weight excluding hydrogens is 248 g/mol. The van der Waals surface area contributed by atoms with Crippen LogP contribution in [-0.4, -0.2) is 24.4 Å². The van der Waals surface area contributed by atoms with E-state index in [9.17, 15) is 4.79 Å². The molecule has 0 radical (unpaired) electrons. The number of hydrogen-bond acceptors (Lipinski definition) is 3. The van der Waals surface area contributed by atoms with Crippen LogP contribution in [-0.2, 0) is 4.79 Å². The van der Waals surface area contributed by atoms with Gasteiger partial charge in [0.1, 0.15) is 6.04 Å². The molecule has 1 aromatic carbocycles. The van der Waals surface area contributed by atoms with Crippen molar-refractivity contribution in [2.75, 3.05) is 16.8 Å². The molecule has 0 saturated heterocycles. The van der Waals surface area contributed by atoms with Crippen molar-refractivity contribution in [3.63, 3.8) is 0 Å². The lowest BCUT2D eigenvalue weighted by atomic mass is 10.0. The van der Waals surface area contributed by atoms with Crippen LogP contribution in [0, 0.1) is 0 Å². The topological polar surface area (TPSA) is 32.3 Å². The maximum Gasteiger partial charge on any atom is 0.153 e. The van der Waals surface area contributed by atoms with Crippen LogP contribution in [0.2, 0.25) is 0 Å². The molecule has 1 aromatic rings. The second-order valence-corrected chi connectivity index (χ2v) is 6.12.